The Labute approximate surface area is 113 Å². The fourth-order valence-electron chi connectivity index (χ4n) is 2.67. The number of nitrogens with zero attached hydrogens (tertiary/aromatic N) is 2. The number of anilines is 2. The molecule has 3 nitrogen and oxygen atoms in total. The van der Waals surface area contributed by atoms with Gasteiger partial charge in [-0.05, 0) is 43.0 Å². The van der Waals surface area contributed by atoms with E-state index in [0.29, 0.717) is 0 Å². The number of hydrogen-bond acceptors (Lipinski definition) is 3. The molecule has 3 rings (SSSR count). The molecule has 0 fully saturated rings. The van der Waals surface area contributed by atoms with Crippen LogP contribution in [0.3, 0.4) is 0 Å². The molecule has 19 heavy (non-hydrogen) atoms. The van der Waals surface area contributed by atoms with Gasteiger partial charge in [-0.3, -0.25) is 0 Å². The van der Waals surface area contributed by atoms with E-state index < -0.39 is 0 Å². The molecule has 1 aliphatic heterocycles. The molecular formula is C16H18N2O. The highest BCUT2D eigenvalue weighted by atomic mass is 16.3. The Bertz CT molecular complexity index is 595. The number of fused-ring (bicyclic) bond motifs is 1. The first-order valence-electron chi connectivity index (χ1n) is 6.72. The van der Waals surface area contributed by atoms with Crippen LogP contribution in [0.4, 0.5) is 11.5 Å². The topological polar surface area (TPSA) is 36.4 Å². The molecule has 1 aromatic heterocycles. The second kappa shape index (κ2) is 5.02. The Morgan fingerprint density at radius 2 is 2.05 bits per heavy atom. The number of aryl methyl sites for hydroxylation is 2. The highest BCUT2D eigenvalue weighted by Gasteiger charge is 2.18. The number of aromatic nitrogens is 1. The van der Waals surface area contributed by atoms with Gasteiger partial charge in [-0.25, -0.2) is 4.98 Å². The van der Waals surface area contributed by atoms with E-state index >= 15 is 0 Å². The predicted octanol–water partition coefficient (Wildman–Crippen LogP) is 2.97. The Kier molecular flexibility index (Phi) is 3.22. The molecule has 0 amide bonds. The van der Waals surface area contributed by atoms with Crippen LogP contribution < -0.4 is 4.90 Å². The number of rotatable bonds is 2. The third-order valence-corrected chi connectivity index (χ3v) is 3.74. The molecule has 0 aliphatic carbocycles. The van der Waals surface area contributed by atoms with Crippen LogP contribution in [-0.2, 0) is 13.0 Å². The summed E-state index contributed by atoms with van der Waals surface area (Å²) >= 11 is 0. The van der Waals surface area contributed by atoms with Gasteiger partial charge in [0.1, 0.15) is 5.82 Å². The van der Waals surface area contributed by atoms with Crippen LogP contribution in [0.2, 0.25) is 0 Å². The number of para-hydroxylation sites is 1. The van der Waals surface area contributed by atoms with Gasteiger partial charge in [0.25, 0.3) is 0 Å². The van der Waals surface area contributed by atoms with Crippen molar-refractivity contribution in [1.82, 2.24) is 4.98 Å². The first kappa shape index (κ1) is 12.2. The summed E-state index contributed by atoms with van der Waals surface area (Å²) in [6, 6.07) is 12.5. The van der Waals surface area contributed by atoms with E-state index in [9.17, 15) is 5.11 Å². The lowest BCUT2D eigenvalue weighted by Crippen LogP contribution is -2.25. The van der Waals surface area contributed by atoms with E-state index in [1.54, 1.807) is 0 Å². The number of aliphatic hydroxyl groups excluding tert-OH is 1. The summed E-state index contributed by atoms with van der Waals surface area (Å²) in [5.41, 5.74) is 4.45. The van der Waals surface area contributed by atoms with Crippen molar-refractivity contribution in [3.8, 4) is 0 Å². The van der Waals surface area contributed by atoms with Gasteiger partial charge in [0.05, 0.1) is 6.61 Å². The maximum absolute atomic E-state index is 9.22. The highest BCUT2D eigenvalue weighted by molar-refractivity contribution is 5.65. The van der Waals surface area contributed by atoms with E-state index in [0.717, 1.165) is 36.5 Å². The molecule has 1 aromatic carbocycles. The van der Waals surface area contributed by atoms with E-state index in [2.05, 4.69) is 34.1 Å². The van der Waals surface area contributed by atoms with Crippen molar-refractivity contribution < 1.29 is 5.11 Å². The van der Waals surface area contributed by atoms with Gasteiger partial charge < -0.3 is 10.0 Å². The van der Waals surface area contributed by atoms with Crippen molar-refractivity contribution in [2.75, 3.05) is 11.4 Å². The molecule has 3 heteroatoms. The van der Waals surface area contributed by atoms with Crippen LogP contribution in [0, 0.1) is 6.92 Å². The molecule has 1 N–H and O–H groups in total. The third kappa shape index (κ3) is 2.22. The van der Waals surface area contributed by atoms with E-state index in [-0.39, 0.29) is 6.61 Å². The van der Waals surface area contributed by atoms with Gasteiger partial charge in [0.2, 0.25) is 0 Å². The minimum Gasteiger partial charge on any atom is -0.392 e. The minimum absolute atomic E-state index is 0.0513. The Morgan fingerprint density at radius 1 is 1.21 bits per heavy atom. The zero-order chi connectivity index (χ0) is 13.2. The molecule has 2 aromatic rings. The maximum Gasteiger partial charge on any atom is 0.133 e. The Balaban J connectivity index is 2.02. The second-order valence-electron chi connectivity index (χ2n) is 4.96. The second-order valence-corrected chi connectivity index (χ2v) is 4.96. The van der Waals surface area contributed by atoms with Crippen LogP contribution >= 0.6 is 0 Å². The molecule has 2 heterocycles. The zero-order valence-electron chi connectivity index (χ0n) is 11.1. The summed E-state index contributed by atoms with van der Waals surface area (Å²) in [5, 5.41) is 9.22. The van der Waals surface area contributed by atoms with Gasteiger partial charge in [-0.1, -0.05) is 24.3 Å². The highest BCUT2D eigenvalue weighted by Crippen LogP contribution is 2.32. The van der Waals surface area contributed by atoms with Crippen LogP contribution in [0.5, 0.6) is 0 Å². The molecule has 0 saturated heterocycles. The van der Waals surface area contributed by atoms with Gasteiger partial charge in [0, 0.05) is 17.9 Å². The zero-order valence-corrected chi connectivity index (χ0v) is 11.1. The van der Waals surface area contributed by atoms with Crippen molar-refractivity contribution in [2.24, 2.45) is 0 Å². The lowest BCUT2D eigenvalue weighted by atomic mass is 10.0. The third-order valence-electron chi connectivity index (χ3n) is 3.74. The molecule has 0 atom stereocenters. The molecule has 0 saturated carbocycles. The first-order chi connectivity index (χ1) is 9.29. The Morgan fingerprint density at radius 3 is 2.84 bits per heavy atom. The molecule has 0 spiro atoms. The Hall–Kier alpha value is -1.87. The van der Waals surface area contributed by atoms with Crippen LogP contribution in [0.1, 0.15) is 23.2 Å². The summed E-state index contributed by atoms with van der Waals surface area (Å²) in [7, 11) is 0. The molecule has 0 unspecified atom stereocenters. The maximum atomic E-state index is 9.22. The molecule has 0 bridgehead atoms. The van der Waals surface area contributed by atoms with Gasteiger partial charge in [-0.2, -0.15) is 0 Å². The normalized spacial score (nSPS) is 14.3. The SMILES string of the molecule is Cc1nc(N2CCCc3ccccc32)ccc1CO. The van der Waals surface area contributed by atoms with E-state index in [4.69, 9.17) is 0 Å². The van der Waals surface area contributed by atoms with Crippen molar-refractivity contribution in [3.63, 3.8) is 0 Å². The lowest BCUT2D eigenvalue weighted by molar-refractivity contribution is 0.280. The monoisotopic (exact) mass is 254 g/mol. The molecule has 1 aliphatic rings. The fourth-order valence-corrected chi connectivity index (χ4v) is 2.67. The van der Waals surface area contributed by atoms with Crippen LogP contribution in [0.15, 0.2) is 36.4 Å². The van der Waals surface area contributed by atoms with E-state index in [1.165, 1.54) is 11.3 Å². The number of aliphatic hydroxyl groups is 1. The largest absolute Gasteiger partial charge is 0.392 e. The predicted molar refractivity (Wildman–Crippen MR) is 76.7 cm³/mol. The fraction of sp³-hybridized carbons (Fsp3) is 0.312. The van der Waals surface area contributed by atoms with Gasteiger partial charge >= 0.3 is 0 Å². The van der Waals surface area contributed by atoms with Crippen molar-refractivity contribution in [1.29, 1.82) is 0 Å². The summed E-state index contributed by atoms with van der Waals surface area (Å²) in [4.78, 5) is 6.90. The van der Waals surface area contributed by atoms with Gasteiger partial charge in [0.15, 0.2) is 0 Å². The first-order valence-corrected chi connectivity index (χ1v) is 6.72. The van der Waals surface area contributed by atoms with Crippen LogP contribution in [0.25, 0.3) is 0 Å². The van der Waals surface area contributed by atoms with Crippen molar-refractivity contribution in [3.05, 3.63) is 53.2 Å². The molecule has 0 radical (unpaired) electrons. The number of hydrogen-bond donors (Lipinski definition) is 1. The molecular weight excluding hydrogens is 236 g/mol. The number of pyridine rings is 1. The summed E-state index contributed by atoms with van der Waals surface area (Å²) in [6.07, 6.45) is 2.29. The van der Waals surface area contributed by atoms with E-state index in [1.807, 2.05) is 19.1 Å². The smallest absolute Gasteiger partial charge is 0.133 e. The van der Waals surface area contributed by atoms with Crippen molar-refractivity contribution in [2.45, 2.75) is 26.4 Å². The summed E-state index contributed by atoms with van der Waals surface area (Å²) in [6.45, 7) is 3.00. The lowest BCUT2D eigenvalue weighted by Gasteiger charge is -2.30. The molecule has 98 valence electrons. The summed E-state index contributed by atoms with van der Waals surface area (Å²) in [5.74, 6) is 0.974. The average Bonchev–Trinajstić information content (AvgIpc) is 2.46. The standard InChI is InChI=1S/C16H18N2O/c1-12-14(11-19)8-9-16(17-12)18-10-4-6-13-5-2-3-7-15(13)18/h2-3,5,7-9,19H,4,6,10-11H2,1H3. The summed E-state index contributed by atoms with van der Waals surface area (Å²) < 4.78 is 0. The minimum atomic E-state index is 0.0513. The van der Waals surface area contributed by atoms with Gasteiger partial charge in [-0.15, -0.1) is 0 Å². The number of benzene rings is 1. The van der Waals surface area contributed by atoms with Crippen molar-refractivity contribution >= 4 is 11.5 Å². The van der Waals surface area contributed by atoms with Crippen LogP contribution in [-0.4, -0.2) is 16.6 Å². The quantitative estimate of drug-likeness (QED) is 0.895. The average molecular weight is 254 g/mol.